The van der Waals surface area contributed by atoms with Crippen LogP contribution in [0.25, 0.3) is 0 Å². The van der Waals surface area contributed by atoms with E-state index in [4.69, 9.17) is 33.3 Å². The van der Waals surface area contributed by atoms with Crippen molar-refractivity contribution >= 4 is 28.8 Å². The quantitative estimate of drug-likeness (QED) is 0.615. The van der Waals surface area contributed by atoms with Crippen LogP contribution in [-0.4, -0.2) is 25.2 Å². The number of thiocarbonyl (C=S) groups is 1. The molecule has 0 heterocycles. The van der Waals surface area contributed by atoms with Gasteiger partial charge in [-0.1, -0.05) is 42.0 Å². The average molecular weight is 336 g/mol. The summed E-state index contributed by atoms with van der Waals surface area (Å²) in [6.07, 6.45) is 0. The molecule has 2 aromatic rings. The van der Waals surface area contributed by atoms with Crippen LogP contribution < -0.4 is 10.1 Å². The fourth-order valence-corrected chi connectivity index (χ4v) is 2.28. The lowest BCUT2D eigenvalue weighted by atomic mass is 10.2. The molecule has 0 fully saturated rings. The Morgan fingerprint density at radius 3 is 2.55 bits per heavy atom. The number of hydrogen-bond donors (Lipinski definition) is 1. The Labute approximate surface area is 141 Å². The predicted molar refractivity (Wildman–Crippen MR) is 93.8 cm³/mol. The molecule has 22 heavy (non-hydrogen) atoms. The third kappa shape index (κ3) is 4.98. The van der Waals surface area contributed by atoms with E-state index < -0.39 is 0 Å². The molecule has 1 N–H and O–H groups in total. The van der Waals surface area contributed by atoms with Gasteiger partial charge < -0.3 is 14.8 Å². The van der Waals surface area contributed by atoms with Crippen molar-refractivity contribution in [3.63, 3.8) is 0 Å². The average Bonchev–Trinajstić information content (AvgIpc) is 2.55. The van der Waals surface area contributed by atoms with Gasteiger partial charge in [-0.15, -0.1) is 0 Å². The first kappa shape index (κ1) is 16.7. The molecule has 0 aliphatic carbocycles. The van der Waals surface area contributed by atoms with E-state index in [9.17, 15) is 0 Å². The zero-order valence-corrected chi connectivity index (χ0v) is 13.9. The van der Waals surface area contributed by atoms with Gasteiger partial charge in [0.25, 0.3) is 0 Å². The maximum atomic E-state index is 6.10. The summed E-state index contributed by atoms with van der Waals surface area (Å²) in [6.45, 7) is 1.76. The molecule has 2 aromatic carbocycles. The number of nitrogens with one attached hydrogen (secondary N) is 1. The van der Waals surface area contributed by atoms with Crippen LogP contribution in [0, 0.1) is 0 Å². The molecule has 116 valence electrons. The molecular formula is C17H18ClNO2S. The smallest absolute Gasteiger partial charge is 0.119 e. The molecule has 0 atom stereocenters. The molecule has 3 nitrogen and oxygen atoms in total. The summed E-state index contributed by atoms with van der Waals surface area (Å²) >= 11 is 11.4. The summed E-state index contributed by atoms with van der Waals surface area (Å²) < 4.78 is 10.7. The van der Waals surface area contributed by atoms with Crippen molar-refractivity contribution in [2.75, 3.05) is 20.3 Å². The summed E-state index contributed by atoms with van der Waals surface area (Å²) in [5.41, 5.74) is 1.92. The van der Waals surface area contributed by atoms with Gasteiger partial charge in [0.05, 0.1) is 6.61 Å². The second-order valence-corrected chi connectivity index (χ2v) is 5.47. The van der Waals surface area contributed by atoms with Gasteiger partial charge in [-0.05, 0) is 30.3 Å². The molecule has 0 aromatic heterocycles. The van der Waals surface area contributed by atoms with Crippen LogP contribution >= 0.6 is 23.8 Å². The van der Waals surface area contributed by atoms with Gasteiger partial charge in [0.2, 0.25) is 0 Å². The van der Waals surface area contributed by atoms with Gasteiger partial charge in [0, 0.05) is 29.8 Å². The Balaban J connectivity index is 1.89. The van der Waals surface area contributed by atoms with Crippen molar-refractivity contribution < 1.29 is 9.47 Å². The summed E-state index contributed by atoms with van der Waals surface area (Å²) in [7, 11) is 1.66. The molecule has 0 aliphatic heterocycles. The summed E-state index contributed by atoms with van der Waals surface area (Å²) in [6, 6.07) is 15.3. The van der Waals surface area contributed by atoms with Gasteiger partial charge >= 0.3 is 0 Å². The Morgan fingerprint density at radius 1 is 1.14 bits per heavy atom. The molecule has 0 amide bonds. The molecule has 0 saturated carbocycles. The number of ether oxygens (including phenoxy) is 2. The van der Waals surface area contributed by atoms with Crippen molar-refractivity contribution in [3.8, 4) is 5.75 Å². The lowest BCUT2D eigenvalue weighted by Gasteiger charge is -2.10. The third-order valence-electron chi connectivity index (χ3n) is 3.06. The molecule has 0 saturated heterocycles. The summed E-state index contributed by atoms with van der Waals surface area (Å²) in [5, 5.41) is 3.84. The highest BCUT2D eigenvalue weighted by Crippen LogP contribution is 2.19. The Hall–Kier alpha value is -1.62. The van der Waals surface area contributed by atoms with Crippen molar-refractivity contribution in [2.45, 2.75) is 6.61 Å². The van der Waals surface area contributed by atoms with E-state index in [0.29, 0.717) is 29.8 Å². The summed E-state index contributed by atoms with van der Waals surface area (Å²) in [5.74, 6) is 0.781. The van der Waals surface area contributed by atoms with Crippen LogP contribution in [0.2, 0.25) is 5.02 Å². The molecule has 0 bridgehead atoms. The SMILES string of the molecule is COCCNC(=S)c1ccc(OCc2ccccc2Cl)cc1. The van der Waals surface area contributed by atoms with Crippen molar-refractivity contribution in [1.29, 1.82) is 0 Å². The molecule has 2 rings (SSSR count). The number of rotatable bonds is 7. The van der Waals surface area contributed by atoms with Gasteiger partial charge in [0.1, 0.15) is 17.3 Å². The standard InChI is InChI=1S/C17H18ClNO2S/c1-20-11-10-19-17(22)13-6-8-15(9-7-13)21-12-14-4-2-3-5-16(14)18/h2-9H,10-12H2,1H3,(H,19,22). The number of benzene rings is 2. The van der Waals surface area contributed by atoms with Crippen LogP contribution in [0.4, 0.5) is 0 Å². The van der Waals surface area contributed by atoms with E-state index in [1.54, 1.807) is 7.11 Å². The van der Waals surface area contributed by atoms with Crippen LogP contribution in [0.15, 0.2) is 48.5 Å². The van der Waals surface area contributed by atoms with Crippen molar-refractivity contribution in [1.82, 2.24) is 5.32 Å². The zero-order chi connectivity index (χ0) is 15.8. The minimum Gasteiger partial charge on any atom is -0.489 e. The van der Waals surface area contributed by atoms with E-state index in [1.165, 1.54) is 0 Å². The van der Waals surface area contributed by atoms with Crippen LogP contribution in [0.3, 0.4) is 0 Å². The topological polar surface area (TPSA) is 30.5 Å². The largest absolute Gasteiger partial charge is 0.489 e. The second kappa shape index (κ2) is 8.73. The van der Waals surface area contributed by atoms with Gasteiger partial charge in [0.15, 0.2) is 0 Å². The first-order chi connectivity index (χ1) is 10.7. The predicted octanol–water partition coefficient (Wildman–Crippen LogP) is 3.83. The molecule has 0 unspecified atom stereocenters. The van der Waals surface area contributed by atoms with E-state index in [1.807, 2.05) is 48.5 Å². The Morgan fingerprint density at radius 2 is 1.86 bits per heavy atom. The minimum absolute atomic E-state index is 0.440. The Bertz CT molecular complexity index is 616. The number of methoxy groups -OCH3 is 1. The molecule has 5 heteroatoms. The van der Waals surface area contributed by atoms with E-state index in [-0.39, 0.29) is 0 Å². The van der Waals surface area contributed by atoms with Gasteiger partial charge in [-0.25, -0.2) is 0 Å². The maximum Gasteiger partial charge on any atom is 0.119 e. The molecule has 0 aliphatic rings. The Kier molecular flexibility index (Phi) is 6.65. The van der Waals surface area contributed by atoms with E-state index in [2.05, 4.69) is 5.32 Å². The lowest BCUT2D eigenvalue weighted by molar-refractivity contribution is 0.204. The molecule has 0 spiro atoms. The highest BCUT2D eigenvalue weighted by molar-refractivity contribution is 7.80. The minimum atomic E-state index is 0.440. The van der Waals surface area contributed by atoms with Crippen LogP contribution in [0.1, 0.15) is 11.1 Å². The first-order valence-electron chi connectivity index (χ1n) is 6.94. The fourth-order valence-electron chi connectivity index (χ4n) is 1.85. The summed E-state index contributed by atoms with van der Waals surface area (Å²) in [4.78, 5) is 0.703. The first-order valence-corrected chi connectivity index (χ1v) is 7.72. The molecule has 0 radical (unpaired) electrons. The third-order valence-corrected chi connectivity index (χ3v) is 3.81. The second-order valence-electron chi connectivity index (χ2n) is 4.65. The van der Waals surface area contributed by atoms with E-state index >= 15 is 0 Å². The normalized spacial score (nSPS) is 10.3. The van der Waals surface area contributed by atoms with E-state index in [0.717, 1.165) is 16.9 Å². The van der Waals surface area contributed by atoms with Crippen molar-refractivity contribution in [3.05, 3.63) is 64.7 Å². The number of hydrogen-bond acceptors (Lipinski definition) is 3. The highest BCUT2D eigenvalue weighted by Gasteiger charge is 2.03. The molecular weight excluding hydrogens is 318 g/mol. The van der Waals surface area contributed by atoms with Crippen LogP contribution in [0.5, 0.6) is 5.75 Å². The highest BCUT2D eigenvalue weighted by atomic mass is 35.5. The maximum absolute atomic E-state index is 6.10. The van der Waals surface area contributed by atoms with Crippen molar-refractivity contribution in [2.24, 2.45) is 0 Å². The fraction of sp³-hybridized carbons (Fsp3) is 0.235. The monoisotopic (exact) mass is 335 g/mol. The number of halogens is 1. The van der Waals surface area contributed by atoms with Crippen LogP contribution in [-0.2, 0) is 11.3 Å². The van der Waals surface area contributed by atoms with Gasteiger partial charge in [-0.2, -0.15) is 0 Å². The lowest BCUT2D eigenvalue weighted by Crippen LogP contribution is -2.25. The van der Waals surface area contributed by atoms with Gasteiger partial charge in [-0.3, -0.25) is 0 Å². The zero-order valence-electron chi connectivity index (χ0n) is 12.3.